The lowest BCUT2D eigenvalue weighted by molar-refractivity contribution is 0.186. The first-order valence-corrected chi connectivity index (χ1v) is 10.1. The van der Waals surface area contributed by atoms with E-state index in [2.05, 4.69) is 70.1 Å². The summed E-state index contributed by atoms with van der Waals surface area (Å²) >= 11 is 0. The molecule has 1 saturated heterocycles. The van der Waals surface area contributed by atoms with E-state index < -0.39 is 0 Å². The molecule has 0 unspecified atom stereocenters. The van der Waals surface area contributed by atoms with Crippen molar-refractivity contribution in [1.82, 2.24) is 15.5 Å². The van der Waals surface area contributed by atoms with Gasteiger partial charge in [-0.15, -0.1) is 0 Å². The number of hydrogen-bond donors (Lipinski definition) is 2. The second kappa shape index (κ2) is 8.13. The number of likely N-dealkylation sites (tertiary alicyclic amines) is 1. The summed E-state index contributed by atoms with van der Waals surface area (Å²) in [5.74, 6) is 0. The van der Waals surface area contributed by atoms with E-state index in [-0.39, 0.29) is 17.5 Å². The highest BCUT2D eigenvalue weighted by Gasteiger charge is 2.44. The van der Waals surface area contributed by atoms with Crippen molar-refractivity contribution in [1.29, 1.82) is 0 Å². The lowest BCUT2D eigenvalue weighted by Gasteiger charge is -2.32. The Morgan fingerprint density at radius 1 is 0.963 bits per heavy atom. The number of hydrogen-bond acceptors (Lipinski definition) is 2. The van der Waals surface area contributed by atoms with Gasteiger partial charge in [-0.1, -0.05) is 60.7 Å². The summed E-state index contributed by atoms with van der Waals surface area (Å²) in [6.07, 6.45) is 4.36. The Kier molecular flexibility index (Phi) is 5.44. The highest BCUT2D eigenvalue weighted by molar-refractivity contribution is 5.74. The van der Waals surface area contributed by atoms with Crippen LogP contribution in [-0.4, -0.2) is 36.6 Å². The van der Waals surface area contributed by atoms with Crippen LogP contribution in [0.5, 0.6) is 0 Å². The molecule has 4 rings (SSSR count). The van der Waals surface area contributed by atoms with Crippen LogP contribution in [0, 0.1) is 0 Å². The van der Waals surface area contributed by atoms with Gasteiger partial charge in [0, 0.05) is 37.6 Å². The molecule has 1 heterocycles. The standard InChI is InChI=1S/C23H29N3O/c27-22(24-18-23(13-14-23)20-9-5-2-6-10-20)25-21-11-15-26(16-12-21)17-19-7-3-1-4-8-19/h1-10,21H,11-18H2,(H2,24,25,27). The van der Waals surface area contributed by atoms with Crippen molar-refractivity contribution in [2.75, 3.05) is 19.6 Å². The quantitative estimate of drug-likeness (QED) is 0.822. The smallest absolute Gasteiger partial charge is 0.315 e. The molecule has 1 saturated carbocycles. The van der Waals surface area contributed by atoms with E-state index in [0.717, 1.165) is 51.9 Å². The topological polar surface area (TPSA) is 44.4 Å². The summed E-state index contributed by atoms with van der Waals surface area (Å²) in [6.45, 7) is 3.80. The molecular weight excluding hydrogens is 334 g/mol. The molecule has 2 N–H and O–H groups in total. The summed E-state index contributed by atoms with van der Waals surface area (Å²) in [6, 6.07) is 21.4. The maximum absolute atomic E-state index is 12.4. The second-order valence-electron chi connectivity index (χ2n) is 8.01. The Morgan fingerprint density at radius 2 is 1.59 bits per heavy atom. The molecule has 2 aromatic carbocycles. The molecule has 0 aromatic heterocycles. The van der Waals surface area contributed by atoms with Gasteiger partial charge >= 0.3 is 6.03 Å². The molecule has 0 spiro atoms. The lowest BCUT2D eigenvalue weighted by Crippen LogP contribution is -2.48. The van der Waals surface area contributed by atoms with Crippen molar-refractivity contribution in [3.63, 3.8) is 0 Å². The van der Waals surface area contributed by atoms with Crippen molar-refractivity contribution in [3.05, 3.63) is 71.8 Å². The van der Waals surface area contributed by atoms with Gasteiger partial charge in [-0.3, -0.25) is 4.90 Å². The number of rotatable bonds is 6. The Balaban J connectivity index is 1.19. The van der Waals surface area contributed by atoms with Crippen LogP contribution in [0.2, 0.25) is 0 Å². The SMILES string of the molecule is O=C(NCC1(c2ccccc2)CC1)NC1CCN(Cc2ccccc2)CC1. The first-order chi connectivity index (χ1) is 13.2. The number of carbonyl (C=O) groups excluding carboxylic acids is 1. The Bertz CT molecular complexity index is 735. The fourth-order valence-electron chi connectivity index (χ4n) is 4.07. The third kappa shape index (κ3) is 4.69. The third-order valence-electron chi connectivity index (χ3n) is 6.00. The summed E-state index contributed by atoms with van der Waals surface area (Å²) in [4.78, 5) is 14.8. The van der Waals surface area contributed by atoms with E-state index in [1.54, 1.807) is 0 Å². The van der Waals surface area contributed by atoms with Crippen LogP contribution in [0.1, 0.15) is 36.8 Å². The van der Waals surface area contributed by atoms with Gasteiger partial charge in [0.05, 0.1) is 0 Å². The van der Waals surface area contributed by atoms with Crippen LogP contribution < -0.4 is 10.6 Å². The molecular formula is C23H29N3O. The normalized spacial score (nSPS) is 19.4. The number of benzene rings is 2. The predicted molar refractivity (Wildman–Crippen MR) is 109 cm³/mol. The van der Waals surface area contributed by atoms with Crippen molar-refractivity contribution in [2.24, 2.45) is 0 Å². The molecule has 2 fully saturated rings. The van der Waals surface area contributed by atoms with Gasteiger partial charge in [0.15, 0.2) is 0 Å². The third-order valence-corrected chi connectivity index (χ3v) is 6.00. The van der Waals surface area contributed by atoms with Crippen LogP contribution >= 0.6 is 0 Å². The largest absolute Gasteiger partial charge is 0.337 e. The minimum absolute atomic E-state index is 0.0151. The molecule has 1 aliphatic carbocycles. The van der Waals surface area contributed by atoms with Gasteiger partial charge < -0.3 is 10.6 Å². The number of amides is 2. The molecule has 2 aliphatic rings. The van der Waals surface area contributed by atoms with E-state index in [0.29, 0.717) is 0 Å². The number of nitrogens with one attached hydrogen (secondary N) is 2. The molecule has 2 aromatic rings. The summed E-state index contributed by atoms with van der Waals surface area (Å²) in [5.41, 5.74) is 2.87. The maximum atomic E-state index is 12.4. The highest BCUT2D eigenvalue weighted by atomic mass is 16.2. The van der Waals surface area contributed by atoms with Crippen LogP contribution in [0.3, 0.4) is 0 Å². The Hall–Kier alpha value is -2.33. The molecule has 27 heavy (non-hydrogen) atoms. The van der Waals surface area contributed by atoms with Crippen molar-refractivity contribution in [2.45, 2.75) is 43.7 Å². The zero-order valence-electron chi connectivity index (χ0n) is 15.9. The van der Waals surface area contributed by atoms with Gasteiger partial charge in [0.1, 0.15) is 0 Å². The van der Waals surface area contributed by atoms with Crippen molar-refractivity contribution in [3.8, 4) is 0 Å². The fraction of sp³-hybridized carbons (Fsp3) is 0.435. The van der Waals surface area contributed by atoms with Gasteiger partial charge in [-0.25, -0.2) is 4.79 Å². The highest BCUT2D eigenvalue weighted by Crippen LogP contribution is 2.47. The number of piperidine rings is 1. The van der Waals surface area contributed by atoms with Crippen molar-refractivity contribution < 1.29 is 4.79 Å². The number of carbonyl (C=O) groups is 1. The Labute approximate surface area is 162 Å². The van der Waals surface area contributed by atoms with Gasteiger partial charge in [-0.2, -0.15) is 0 Å². The lowest BCUT2D eigenvalue weighted by atomic mass is 9.96. The van der Waals surface area contributed by atoms with E-state index in [9.17, 15) is 4.79 Å². The molecule has 0 radical (unpaired) electrons. The van der Waals surface area contributed by atoms with Gasteiger partial charge in [0.25, 0.3) is 0 Å². The van der Waals surface area contributed by atoms with Crippen LogP contribution in [-0.2, 0) is 12.0 Å². The molecule has 2 amide bonds. The number of urea groups is 1. The summed E-state index contributed by atoms with van der Waals surface area (Å²) < 4.78 is 0. The van der Waals surface area contributed by atoms with Gasteiger partial charge in [0.2, 0.25) is 0 Å². The van der Waals surface area contributed by atoms with E-state index in [4.69, 9.17) is 0 Å². The molecule has 1 aliphatic heterocycles. The van der Waals surface area contributed by atoms with E-state index in [1.807, 2.05) is 6.07 Å². The maximum Gasteiger partial charge on any atom is 0.315 e. The Morgan fingerprint density at radius 3 is 2.22 bits per heavy atom. The number of nitrogens with zero attached hydrogens (tertiary/aromatic N) is 1. The van der Waals surface area contributed by atoms with Crippen LogP contribution in [0.15, 0.2) is 60.7 Å². The average Bonchev–Trinajstić information content (AvgIpc) is 3.51. The summed E-state index contributed by atoms with van der Waals surface area (Å²) in [7, 11) is 0. The van der Waals surface area contributed by atoms with E-state index in [1.165, 1.54) is 11.1 Å². The monoisotopic (exact) mass is 363 g/mol. The first-order valence-electron chi connectivity index (χ1n) is 10.1. The minimum atomic E-state index is -0.0151. The molecule has 4 nitrogen and oxygen atoms in total. The zero-order valence-corrected chi connectivity index (χ0v) is 15.9. The van der Waals surface area contributed by atoms with Crippen LogP contribution in [0.4, 0.5) is 4.79 Å². The fourth-order valence-corrected chi connectivity index (χ4v) is 4.07. The molecule has 0 bridgehead atoms. The zero-order chi connectivity index (χ0) is 18.5. The summed E-state index contributed by atoms with van der Waals surface area (Å²) in [5, 5.41) is 6.30. The molecule has 0 atom stereocenters. The molecule has 4 heteroatoms. The molecule has 142 valence electrons. The van der Waals surface area contributed by atoms with E-state index >= 15 is 0 Å². The second-order valence-corrected chi connectivity index (χ2v) is 8.01. The van der Waals surface area contributed by atoms with Crippen LogP contribution in [0.25, 0.3) is 0 Å². The van der Waals surface area contributed by atoms with Crippen molar-refractivity contribution >= 4 is 6.03 Å². The average molecular weight is 364 g/mol. The first kappa shape index (κ1) is 18.1. The minimum Gasteiger partial charge on any atom is -0.337 e. The van der Waals surface area contributed by atoms with Gasteiger partial charge in [-0.05, 0) is 36.8 Å². The predicted octanol–water partition coefficient (Wildman–Crippen LogP) is 3.68.